The van der Waals surface area contributed by atoms with Crippen LogP contribution in [0, 0.1) is 5.82 Å². The number of hydrogen-bond acceptors (Lipinski definition) is 4. The van der Waals surface area contributed by atoms with Gasteiger partial charge in [0.1, 0.15) is 12.4 Å². The molecule has 1 fully saturated rings. The van der Waals surface area contributed by atoms with Gasteiger partial charge in [0.05, 0.1) is 18.9 Å². The Morgan fingerprint density at radius 1 is 1.12 bits per heavy atom. The first-order chi connectivity index (χ1) is 11.7. The number of benzene rings is 2. The van der Waals surface area contributed by atoms with Crippen molar-refractivity contribution in [3.05, 3.63) is 66.0 Å². The Labute approximate surface area is 140 Å². The van der Waals surface area contributed by atoms with E-state index < -0.39 is 11.9 Å². The Balaban J connectivity index is 1.76. The molecule has 0 N–H and O–H groups in total. The summed E-state index contributed by atoms with van der Waals surface area (Å²) in [5.41, 5.74) is 1.34. The Hall–Kier alpha value is -2.44. The van der Waals surface area contributed by atoms with Crippen LogP contribution in [0.15, 0.2) is 54.6 Å². The van der Waals surface area contributed by atoms with Gasteiger partial charge in [-0.15, -0.1) is 0 Å². The number of halogens is 1. The van der Waals surface area contributed by atoms with Gasteiger partial charge in [0.15, 0.2) is 0 Å². The third kappa shape index (κ3) is 4.10. The van der Waals surface area contributed by atoms with Crippen LogP contribution >= 0.6 is 0 Å². The lowest BCUT2D eigenvalue weighted by Crippen LogP contribution is -2.52. The molecule has 0 unspecified atom stereocenters. The number of ether oxygens (including phenoxy) is 2. The van der Waals surface area contributed by atoms with Crippen molar-refractivity contribution in [3.63, 3.8) is 0 Å². The van der Waals surface area contributed by atoms with Crippen LogP contribution in [0.4, 0.5) is 14.9 Å². The largest absolute Gasteiger partial charge is 0.443 e. The van der Waals surface area contributed by atoms with Gasteiger partial charge in [0.25, 0.3) is 0 Å². The summed E-state index contributed by atoms with van der Waals surface area (Å²) in [6.07, 6.45) is -0.536. The zero-order valence-corrected chi connectivity index (χ0v) is 13.2. The summed E-state index contributed by atoms with van der Waals surface area (Å²) < 4.78 is 24.3. The van der Waals surface area contributed by atoms with Gasteiger partial charge in [-0.25, -0.2) is 19.2 Å². The topological polar surface area (TPSA) is 42.0 Å². The Morgan fingerprint density at radius 3 is 2.58 bits per heavy atom. The predicted octanol–water partition coefficient (Wildman–Crippen LogP) is 3.22. The zero-order chi connectivity index (χ0) is 16.8. The fraction of sp³-hybridized carbons (Fsp3) is 0.278. The number of hydrogen-bond donors (Lipinski definition) is 0. The maximum atomic E-state index is 13.6. The number of rotatable bonds is 4. The van der Waals surface area contributed by atoms with Gasteiger partial charge in [0, 0.05) is 13.1 Å². The molecular weight excluding hydrogens is 311 g/mol. The highest BCUT2D eigenvalue weighted by atomic mass is 19.1. The quantitative estimate of drug-likeness (QED) is 0.863. The van der Waals surface area contributed by atoms with E-state index in [-0.39, 0.29) is 6.61 Å². The molecule has 1 heterocycles. The van der Waals surface area contributed by atoms with Gasteiger partial charge in [-0.05, 0) is 23.8 Å². The van der Waals surface area contributed by atoms with Crippen LogP contribution in [0.5, 0.6) is 0 Å². The van der Waals surface area contributed by atoms with Crippen LogP contribution in [0.2, 0.25) is 0 Å². The minimum atomic E-state index is -0.536. The second-order valence-electron chi connectivity index (χ2n) is 5.40. The molecule has 1 aliphatic heterocycles. The van der Waals surface area contributed by atoms with Gasteiger partial charge in [0.2, 0.25) is 0 Å². The lowest BCUT2D eigenvalue weighted by Gasteiger charge is -2.36. The van der Waals surface area contributed by atoms with Crippen molar-refractivity contribution in [2.45, 2.75) is 6.61 Å². The van der Waals surface area contributed by atoms with Crippen molar-refractivity contribution < 1.29 is 18.7 Å². The number of anilines is 1. The van der Waals surface area contributed by atoms with E-state index in [1.807, 2.05) is 35.3 Å². The molecule has 126 valence electrons. The minimum absolute atomic E-state index is 0.163. The molecule has 2 aromatic rings. The summed E-state index contributed by atoms with van der Waals surface area (Å²) in [4.78, 5) is 12.6. The highest BCUT2D eigenvalue weighted by Crippen LogP contribution is 2.20. The molecule has 0 saturated carbocycles. The fourth-order valence-corrected chi connectivity index (χ4v) is 2.53. The number of carbonyl (C=O) groups is 1. The normalized spacial score (nSPS) is 15.0. The molecule has 1 aliphatic rings. The van der Waals surface area contributed by atoms with E-state index >= 15 is 0 Å². The average Bonchev–Trinajstić information content (AvgIpc) is 2.62. The van der Waals surface area contributed by atoms with Crippen molar-refractivity contribution in [1.82, 2.24) is 5.01 Å². The monoisotopic (exact) mass is 330 g/mol. The van der Waals surface area contributed by atoms with Gasteiger partial charge < -0.3 is 9.47 Å². The first-order valence-electron chi connectivity index (χ1n) is 7.83. The van der Waals surface area contributed by atoms with E-state index in [1.165, 1.54) is 17.1 Å². The second kappa shape index (κ2) is 7.90. The molecule has 0 aliphatic carbocycles. The number of hydrazine groups is 1. The molecule has 0 radical (unpaired) electrons. The molecule has 1 saturated heterocycles. The molecule has 6 heteroatoms. The smallest absolute Gasteiger partial charge is 0.429 e. The zero-order valence-electron chi connectivity index (χ0n) is 13.2. The first-order valence-corrected chi connectivity index (χ1v) is 7.83. The molecule has 0 atom stereocenters. The molecule has 0 aromatic heterocycles. The predicted molar refractivity (Wildman–Crippen MR) is 87.9 cm³/mol. The Bertz CT molecular complexity index is 675. The lowest BCUT2D eigenvalue weighted by molar-refractivity contribution is 0.0283. The van der Waals surface area contributed by atoms with Crippen LogP contribution in [0.3, 0.4) is 0 Å². The van der Waals surface area contributed by atoms with E-state index in [9.17, 15) is 9.18 Å². The molecular formula is C18H19FN2O3. The molecule has 2 aromatic carbocycles. The summed E-state index contributed by atoms with van der Waals surface area (Å²) in [7, 11) is 0. The maximum absolute atomic E-state index is 13.6. The van der Waals surface area contributed by atoms with Crippen LogP contribution in [0.25, 0.3) is 0 Å². The van der Waals surface area contributed by atoms with Crippen LogP contribution < -0.4 is 5.01 Å². The number of amides is 1. The van der Waals surface area contributed by atoms with Crippen molar-refractivity contribution in [1.29, 1.82) is 0 Å². The van der Waals surface area contributed by atoms with E-state index in [2.05, 4.69) is 0 Å². The summed E-state index contributed by atoms with van der Waals surface area (Å²) in [6.45, 7) is 2.26. The van der Waals surface area contributed by atoms with Crippen LogP contribution in [-0.4, -0.2) is 37.4 Å². The summed E-state index contributed by atoms with van der Waals surface area (Å²) in [5.74, 6) is -0.401. The Morgan fingerprint density at radius 2 is 1.88 bits per heavy atom. The standard InChI is InChI=1S/C18H19FN2O3/c19-16-7-4-8-17(13-16)21(20-9-11-23-12-10-20)18(22)24-14-15-5-2-1-3-6-15/h1-8,13H,9-12,14H2. The van der Waals surface area contributed by atoms with Crippen molar-refractivity contribution in [3.8, 4) is 0 Å². The van der Waals surface area contributed by atoms with Crippen molar-refractivity contribution >= 4 is 11.8 Å². The van der Waals surface area contributed by atoms with E-state index in [0.29, 0.717) is 32.0 Å². The number of morpholine rings is 1. The first kappa shape index (κ1) is 16.4. The van der Waals surface area contributed by atoms with Crippen LogP contribution in [0.1, 0.15) is 5.56 Å². The molecule has 0 spiro atoms. The fourth-order valence-electron chi connectivity index (χ4n) is 2.53. The minimum Gasteiger partial charge on any atom is -0.443 e. The van der Waals surface area contributed by atoms with E-state index in [1.54, 1.807) is 12.1 Å². The van der Waals surface area contributed by atoms with Gasteiger partial charge in [-0.3, -0.25) is 0 Å². The molecule has 3 rings (SSSR count). The summed E-state index contributed by atoms with van der Waals surface area (Å²) in [5, 5.41) is 3.19. The van der Waals surface area contributed by atoms with Gasteiger partial charge >= 0.3 is 6.09 Å². The van der Waals surface area contributed by atoms with E-state index in [4.69, 9.17) is 9.47 Å². The molecule has 24 heavy (non-hydrogen) atoms. The SMILES string of the molecule is O=C(OCc1ccccc1)N(c1cccc(F)c1)N1CCOCC1. The third-order valence-electron chi connectivity index (χ3n) is 3.70. The van der Waals surface area contributed by atoms with Gasteiger partial charge in [-0.1, -0.05) is 36.4 Å². The molecule has 1 amide bonds. The summed E-state index contributed by atoms with van der Waals surface area (Å²) >= 11 is 0. The molecule has 5 nitrogen and oxygen atoms in total. The second-order valence-corrected chi connectivity index (χ2v) is 5.40. The molecule has 0 bridgehead atoms. The van der Waals surface area contributed by atoms with E-state index in [0.717, 1.165) is 5.56 Å². The third-order valence-corrected chi connectivity index (χ3v) is 3.70. The van der Waals surface area contributed by atoms with Crippen molar-refractivity contribution in [2.24, 2.45) is 0 Å². The van der Waals surface area contributed by atoms with Gasteiger partial charge in [-0.2, -0.15) is 0 Å². The highest BCUT2D eigenvalue weighted by Gasteiger charge is 2.26. The summed E-state index contributed by atoms with van der Waals surface area (Å²) in [6, 6.07) is 15.4. The number of nitrogens with zero attached hydrogens (tertiary/aromatic N) is 2. The lowest BCUT2D eigenvalue weighted by atomic mass is 10.2. The maximum Gasteiger partial charge on any atom is 0.429 e. The number of carbonyl (C=O) groups excluding carboxylic acids is 1. The average molecular weight is 330 g/mol. The van der Waals surface area contributed by atoms with Crippen LogP contribution in [-0.2, 0) is 16.1 Å². The Kier molecular flexibility index (Phi) is 5.40. The highest BCUT2D eigenvalue weighted by molar-refractivity contribution is 5.86. The van der Waals surface area contributed by atoms with Crippen molar-refractivity contribution in [2.75, 3.05) is 31.3 Å².